The molecule has 11 heteroatoms. The third-order valence-corrected chi connectivity index (χ3v) is 5.45. The van der Waals surface area contributed by atoms with Crippen molar-refractivity contribution in [2.24, 2.45) is 0 Å². The third-order valence-electron chi connectivity index (χ3n) is 4.78. The standard InChI is InChI=1S/C24H15F6IN2O2/c1-2-32-21(34)13-4-3-5-14(10-13)22(35)33-16-7-9-18(20(12-16)24(28,29)30)17-8-6-15(31)11-19(17)23(25,26)27/h2-12H,1H2,(H,32,34)(H,33,35). The first-order chi connectivity index (χ1) is 16.3. The summed E-state index contributed by atoms with van der Waals surface area (Å²) in [5.41, 5.74) is -4.06. The molecule has 2 N–H and O–H groups in total. The fraction of sp³-hybridized carbons (Fsp3) is 0.0833. The quantitative estimate of drug-likeness (QED) is 0.241. The molecule has 0 aliphatic rings. The lowest BCUT2D eigenvalue weighted by atomic mass is 9.94. The third kappa shape index (κ3) is 6.21. The molecule has 0 radical (unpaired) electrons. The van der Waals surface area contributed by atoms with Crippen LogP contribution in [0.3, 0.4) is 0 Å². The van der Waals surface area contributed by atoms with Gasteiger partial charge in [-0.3, -0.25) is 9.59 Å². The summed E-state index contributed by atoms with van der Waals surface area (Å²) < 4.78 is 82.4. The van der Waals surface area contributed by atoms with Gasteiger partial charge in [-0.1, -0.05) is 24.8 Å². The highest BCUT2D eigenvalue weighted by Crippen LogP contribution is 2.44. The monoisotopic (exact) mass is 604 g/mol. The Bertz CT molecular complexity index is 1300. The highest BCUT2D eigenvalue weighted by atomic mass is 127. The maximum atomic E-state index is 13.8. The Kier molecular flexibility index (Phi) is 7.58. The molecule has 0 saturated carbocycles. The maximum absolute atomic E-state index is 13.8. The molecule has 0 aromatic heterocycles. The molecule has 0 bridgehead atoms. The minimum absolute atomic E-state index is 0.0173. The van der Waals surface area contributed by atoms with Crippen molar-refractivity contribution in [2.75, 3.05) is 5.32 Å². The van der Waals surface area contributed by atoms with Crippen LogP contribution in [-0.2, 0) is 12.4 Å². The van der Waals surface area contributed by atoms with Crippen LogP contribution in [0.15, 0.2) is 73.4 Å². The van der Waals surface area contributed by atoms with Crippen molar-refractivity contribution in [3.8, 4) is 11.1 Å². The zero-order valence-corrected chi connectivity index (χ0v) is 19.7. The van der Waals surface area contributed by atoms with Gasteiger partial charge in [0.05, 0.1) is 11.1 Å². The van der Waals surface area contributed by atoms with Crippen molar-refractivity contribution in [2.45, 2.75) is 12.4 Å². The van der Waals surface area contributed by atoms with E-state index in [-0.39, 0.29) is 20.4 Å². The Hall–Kier alpha value is -3.35. The molecule has 3 aromatic carbocycles. The average molecular weight is 604 g/mol. The minimum atomic E-state index is -5.01. The fourth-order valence-electron chi connectivity index (χ4n) is 3.26. The largest absolute Gasteiger partial charge is 0.417 e. The molecule has 0 aliphatic heterocycles. The summed E-state index contributed by atoms with van der Waals surface area (Å²) in [6, 6.07) is 11.0. The van der Waals surface area contributed by atoms with E-state index in [0.29, 0.717) is 6.07 Å². The Morgan fingerprint density at radius 3 is 1.89 bits per heavy atom. The summed E-state index contributed by atoms with van der Waals surface area (Å²) in [4.78, 5) is 24.5. The first-order valence-corrected chi connectivity index (χ1v) is 10.8. The van der Waals surface area contributed by atoms with Gasteiger partial charge in [0.25, 0.3) is 11.8 Å². The van der Waals surface area contributed by atoms with Gasteiger partial charge >= 0.3 is 12.4 Å². The number of alkyl halides is 6. The lowest BCUT2D eigenvalue weighted by Gasteiger charge is -2.19. The first-order valence-electron chi connectivity index (χ1n) is 9.73. The van der Waals surface area contributed by atoms with Crippen molar-refractivity contribution in [1.29, 1.82) is 0 Å². The zero-order chi connectivity index (χ0) is 26.0. The number of nitrogens with one attached hydrogen (secondary N) is 2. The number of carbonyl (C=O) groups excluding carboxylic acids is 2. The van der Waals surface area contributed by atoms with Gasteiger partial charge in [-0.25, -0.2) is 0 Å². The molecular weight excluding hydrogens is 589 g/mol. The van der Waals surface area contributed by atoms with E-state index < -0.39 is 46.4 Å². The molecule has 2 amide bonds. The molecule has 0 aliphatic carbocycles. The predicted molar refractivity (Wildman–Crippen MR) is 127 cm³/mol. The molecule has 3 rings (SSSR count). The number of hydrogen-bond donors (Lipinski definition) is 2. The molecule has 0 unspecified atom stereocenters. The molecule has 0 spiro atoms. The van der Waals surface area contributed by atoms with Crippen LogP contribution >= 0.6 is 22.6 Å². The van der Waals surface area contributed by atoms with E-state index in [1.807, 2.05) is 0 Å². The Morgan fingerprint density at radius 2 is 1.31 bits per heavy atom. The smallest absolute Gasteiger partial charge is 0.329 e. The van der Waals surface area contributed by atoms with Crippen molar-refractivity contribution < 1.29 is 35.9 Å². The normalized spacial score (nSPS) is 11.6. The van der Waals surface area contributed by atoms with E-state index in [9.17, 15) is 35.9 Å². The molecule has 182 valence electrons. The first kappa shape index (κ1) is 26.3. The number of rotatable bonds is 5. The van der Waals surface area contributed by atoms with Crippen molar-refractivity contribution in [3.05, 3.63) is 99.3 Å². The van der Waals surface area contributed by atoms with Crippen LogP contribution in [0.1, 0.15) is 31.8 Å². The van der Waals surface area contributed by atoms with Crippen LogP contribution in [-0.4, -0.2) is 11.8 Å². The van der Waals surface area contributed by atoms with Crippen LogP contribution in [0.5, 0.6) is 0 Å². The summed E-state index contributed by atoms with van der Waals surface area (Å²) in [5.74, 6) is -1.36. The second-order valence-corrected chi connectivity index (χ2v) is 8.40. The molecule has 0 fully saturated rings. The Morgan fingerprint density at radius 1 is 0.771 bits per heavy atom. The van der Waals surface area contributed by atoms with Crippen LogP contribution in [0.4, 0.5) is 32.0 Å². The molecule has 0 saturated heterocycles. The molecule has 0 atom stereocenters. The van der Waals surface area contributed by atoms with Crippen molar-refractivity contribution in [3.63, 3.8) is 0 Å². The predicted octanol–water partition coefficient (Wildman–Crippen LogP) is 7.12. The molecule has 35 heavy (non-hydrogen) atoms. The van der Waals surface area contributed by atoms with E-state index in [0.717, 1.165) is 30.5 Å². The van der Waals surface area contributed by atoms with Gasteiger partial charge in [-0.15, -0.1) is 0 Å². The van der Waals surface area contributed by atoms with Gasteiger partial charge in [0.2, 0.25) is 0 Å². The number of benzene rings is 3. The van der Waals surface area contributed by atoms with E-state index >= 15 is 0 Å². The Balaban J connectivity index is 2.02. The van der Waals surface area contributed by atoms with Crippen LogP contribution in [0, 0.1) is 3.57 Å². The van der Waals surface area contributed by atoms with E-state index in [2.05, 4.69) is 17.2 Å². The van der Waals surface area contributed by atoms with E-state index in [1.54, 1.807) is 22.6 Å². The average Bonchev–Trinajstić information content (AvgIpc) is 2.78. The number of halogens is 7. The summed E-state index contributed by atoms with van der Waals surface area (Å²) in [5, 5.41) is 4.62. The molecule has 3 aromatic rings. The van der Waals surface area contributed by atoms with Crippen LogP contribution < -0.4 is 10.6 Å². The van der Waals surface area contributed by atoms with Gasteiger partial charge in [0, 0.05) is 20.4 Å². The number of anilines is 1. The highest BCUT2D eigenvalue weighted by Gasteiger charge is 2.38. The van der Waals surface area contributed by atoms with Gasteiger partial charge < -0.3 is 10.6 Å². The zero-order valence-electron chi connectivity index (χ0n) is 17.5. The molecular formula is C24H15F6IN2O2. The Labute approximate surface area is 209 Å². The van der Waals surface area contributed by atoms with Gasteiger partial charge in [-0.05, 0) is 82.4 Å². The second-order valence-electron chi connectivity index (χ2n) is 7.16. The summed E-state index contributed by atoms with van der Waals surface area (Å²) in [7, 11) is 0. The lowest BCUT2D eigenvalue weighted by Crippen LogP contribution is -2.18. The maximum Gasteiger partial charge on any atom is 0.417 e. The lowest BCUT2D eigenvalue weighted by molar-refractivity contribution is -0.139. The topological polar surface area (TPSA) is 58.2 Å². The minimum Gasteiger partial charge on any atom is -0.329 e. The number of carbonyl (C=O) groups is 2. The highest BCUT2D eigenvalue weighted by molar-refractivity contribution is 14.1. The summed E-state index contributed by atoms with van der Waals surface area (Å²) >= 11 is 1.64. The molecule has 0 heterocycles. The second kappa shape index (κ2) is 10.1. The van der Waals surface area contributed by atoms with Crippen LogP contribution in [0.25, 0.3) is 11.1 Å². The van der Waals surface area contributed by atoms with Gasteiger partial charge in [0.1, 0.15) is 0 Å². The van der Waals surface area contributed by atoms with Crippen molar-refractivity contribution in [1.82, 2.24) is 5.32 Å². The summed E-state index contributed by atoms with van der Waals surface area (Å²) in [6.45, 7) is 3.35. The number of hydrogen-bond acceptors (Lipinski definition) is 2. The number of amides is 2. The summed E-state index contributed by atoms with van der Waals surface area (Å²) in [6.07, 6.45) is -8.74. The van der Waals surface area contributed by atoms with Gasteiger partial charge in [0.15, 0.2) is 0 Å². The van der Waals surface area contributed by atoms with Crippen LogP contribution in [0.2, 0.25) is 0 Å². The SMILES string of the molecule is C=CNC(=O)c1cccc(C(=O)Nc2ccc(-c3ccc(I)cc3C(F)(F)F)c(C(F)(F)F)c2)c1. The fourth-order valence-corrected chi connectivity index (χ4v) is 3.75. The molecule has 4 nitrogen and oxygen atoms in total. The van der Waals surface area contributed by atoms with E-state index in [4.69, 9.17) is 0 Å². The van der Waals surface area contributed by atoms with Gasteiger partial charge in [-0.2, -0.15) is 26.3 Å². The van der Waals surface area contributed by atoms with E-state index in [1.165, 1.54) is 30.3 Å². The van der Waals surface area contributed by atoms with Crippen molar-refractivity contribution >= 4 is 40.1 Å².